The Hall–Kier alpha value is -7.80. The lowest BCUT2D eigenvalue weighted by molar-refractivity contribution is -0.0699. The number of nitrogens with one attached hydrogen (secondary N) is 2. The number of alkyl halides is 1. The van der Waals surface area contributed by atoms with Gasteiger partial charge < -0.3 is 24.8 Å². The maximum atomic E-state index is 13.6. The molecule has 75 heavy (non-hydrogen) atoms. The number of para-hydroxylation sites is 2. The first-order valence-electron chi connectivity index (χ1n) is 24.3. The topological polar surface area (TPSA) is 166 Å². The molecule has 1 fully saturated rings. The van der Waals surface area contributed by atoms with Gasteiger partial charge in [-0.25, -0.2) is 29.9 Å². The van der Waals surface area contributed by atoms with Gasteiger partial charge in [0.05, 0.1) is 41.6 Å². The van der Waals surface area contributed by atoms with E-state index in [2.05, 4.69) is 65.2 Å². The molecule has 1 aliphatic heterocycles. The summed E-state index contributed by atoms with van der Waals surface area (Å²) >= 11 is 6.35. The van der Waals surface area contributed by atoms with E-state index in [0.717, 1.165) is 72.6 Å². The fraction of sp³-hybridized carbons (Fsp3) is 0.172. The average Bonchev–Trinajstić information content (AvgIpc) is 4.08. The largest absolute Gasteiger partial charge is 0.493 e. The van der Waals surface area contributed by atoms with E-state index in [1.807, 2.05) is 146 Å². The highest BCUT2D eigenvalue weighted by Crippen LogP contribution is 2.36. The number of anilines is 2. The number of morpholine rings is 1. The van der Waals surface area contributed by atoms with Crippen LogP contribution in [0, 0.1) is 0 Å². The second kappa shape index (κ2) is 24.0. The Balaban J connectivity index is 0.000000174. The average molecular weight is 1100 g/mol. The van der Waals surface area contributed by atoms with E-state index < -0.39 is 0 Å². The first kappa shape index (κ1) is 50.7. The van der Waals surface area contributed by atoms with Crippen LogP contribution in [0.3, 0.4) is 0 Å². The molecule has 1 saturated heterocycles. The lowest BCUT2D eigenvalue weighted by Crippen LogP contribution is -2.46. The molecule has 376 valence electrons. The van der Waals surface area contributed by atoms with Gasteiger partial charge in [0, 0.05) is 83.9 Å². The van der Waals surface area contributed by atoms with Gasteiger partial charge in [0.2, 0.25) is 0 Å². The van der Waals surface area contributed by atoms with Gasteiger partial charge in [0.15, 0.2) is 0 Å². The van der Waals surface area contributed by atoms with Crippen molar-refractivity contribution in [3.8, 4) is 55.2 Å². The number of aromatic nitrogens is 6. The summed E-state index contributed by atoms with van der Waals surface area (Å²) in [4.78, 5) is 58.5. The molecule has 4 aromatic carbocycles. The van der Waals surface area contributed by atoms with Crippen molar-refractivity contribution in [2.24, 2.45) is 0 Å². The molecule has 6 aromatic heterocycles. The molecule has 0 bridgehead atoms. The van der Waals surface area contributed by atoms with Crippen molar-refractivity contribution >= 4 is 82.5 Å². The summed E-state index contributed by atoms with van der Waals surface area (Å²) in [5, 5.41) is 8.33. The number of ether oxygens (including phenoxy) is 3. The molecule has 11 rings (SSSR count). The molecule has 17 heteroatoms. The molecule has 2 amide bonds. The summed E-state index contributed by atoms with van der Waals surface area (Å²) in [6.45, 7) is 7.67. The van der Waals surface area contributed by atoms with Crippen LogP contribution in [-0.2, 0) is 4.74 Å². The first-order chi connectivity index (χ1) is 36.7. The van der Waals surface area contributed by atoms with E-state index >= 15 is 0 Å². The zero-order chi connectivity index (χ0) is 51.5. The van der Waals surface area contributed by atoms with Crippen LogP contribution in [-0.4, -0.2) is 97.0 Å². The number of hydrogen-bond acceptors (Lipinski definition) is 14. The van der Waals surface area contributed by atoms with Gasteiger partial charge in [-0.1, -0.05) is 124 Å². The number of hydrogen-bond donors (Lipinski definition) is 2. The molecule has 0 unspecified atom stereocenters. The lowest BCUT2D eigenvalue weighted by Gasteiger charge is -2.35. The van der Waals surface area contributed by atoms with Gasteiger partial charge in [-0.3, -0.25) is 14.5 Å². The van der Waals surface area contributed by atoms with Gasteiger partial charge in [-0.15, -0.1) is 0 Å². The van der Waals surface area contributed by atoms with E-state index in [1.54, 1.807) is 24.5 Å². The third-order valence-electron chi connectivity index (χ3n) is 11.9. The summed E-state index contributed by atoms with van der Waals surface area (Å²) in [6, 6.07) is 49.4. The summed E-state index contributed by atoms with van der Waals surface area (Å²) in [6.07, 6.45) is 3.90. The Kier molecular flexibility index (Phi) is 16.3. The Morgan fingerprint density at radius 2 is 1.04 bits per heavy atom. The third-order valence-corrected chi connectivity index (χ3v) is 14.2. The fourth-order valence-corrected chi connectivity index (χ4v) is 10.6. The molecule has 0 saturated carbocycles. The van der Waals surface area contributed by atoms with E-state index in [-0.39, 0.29) is 35.4 Å². The lowest BCUT2D eigenvalue weighted by atomic mass is 10.1. The van der Waals surface area contributed by atoms with E-state index in [0.29, 0.717) is 52.8 Å². The van der Waals surface area contributed by atoms with Gasteiger partial charge in [0.1, 0.15) is 60.2 Å². The Bertz CT molecular complexity index is 3510. The highest BCUT2D eigenvalue weighted by atomic mass is 79.9. The fourth-order valence-electron chi connectivity index (χ4n) is 8.54. The van der Waals surface area contributed by atoms with E-state index in [9.17, 15) is 9.59 Å². The summed E-state index contributed by atoms with van der Waals surface area (Å²) < 4.78 is 17.8. The van der Waals surface area contributed by atoms with Crippen LogP contribution in [0.15, 0.2) is 170 Å². The first-order valence-corrected chi connectivity index (χ1v) is 27.1. The number of carbonyl (C=O) groups excluding carboxylic acids is 2. The summed E-state index contributed by atoms with van der Waals surface area (Å²) in [7, 11) is 0. The zero-order valence-electron chi connectivity index (χ0n) is 40.9. The smallest absolute Gasteiger partial charge is 0.274 e. The normalized spacial score (nSPS) is 14.4. The Labute approximate surface area is 450 Å². The predicted molar refractivity (Wildman–Crippen MR) is 302 cm³/mol. The maximum Gasteiger partial charge on any atom is 0.274 e. The van der Waals surface area contributed by atoms with Crippen LogP contribution in [0.2, 0.25) is 0 Å². The molecule has 0 spiro atoms. The second-order valence-electron chi connectivity index (χ2n) is 17.5. The van der Waals surface area contributed by atoms with E-state index in [4.69, 9.17) is 24.2 Å². The SMILES string of the molecule is C[C@@H]1CN(CCOc2cc(C(=O)Nc3ccccc3-c3nc4cccnc4s3)nc(-c3ccccc3)c2)C[C@H](C)O1.O=C(Nc1ccccc1-c1nc2cccnc2s1)c1cc(OCCBr)cc(-c2ccccc2)n1. The monoisotopic (exact) mass is 1100 g/mol. The van der Waals surface area contributed by atoms with Gasteiger partial charge in [0.25, 0.3) is 11.8 Å². The number of halogens is 1. The molecule has 10 aromatic rings. The van der Waals surface area contributed by atoms with Crippen molar-refractivity contribution in [2.45, 2.75) is 26.1 Å². The number of fused-ring (bicyclic) bond motifs is 2. The van der Waals surface area contributed by atoms with Crippen LogP contribution in [0.4, 0.5) is 11.4 Å². The number of rotatable bonds is 15. The molecule has 0 aliphatic carbocycles. The number of nitrogens with zero attached hydrogens (tertiary/aromatic N) is 7. The second-order valence-corrected chi connectivity index (χ2v) is 20.2. The van der Waals surface area contributed by atoms with Crippen molar-refractivity contribution in [3.05, 3.63) is 182 Å². The number of carbonyl (C=O) groups is 2. The van der Waals surface area contributed by atoms with Gasteiger partial charge in [-0.05, 0) is 62.4 Å². The standard InChI is InChI=1S/C32H31N5O3S.C26H19BrN4O2S/c1-21-19-37(20-22(2)40-21)15-16-39-24-17-28(23-9-4-3-5-10-23)34-29(18-24)30(38)35-26-12-7-6-11-25(26)31-36-27-13-8-14-33-32(27)41-31;27-12-14-33-18-15-22(17-7-2-1-3-8-17)29-23(16-18)24(32)30-20-10-5-4-9-19(20)25-31-21-11-6-13-28-26(21)34-25/h3-14,17-18,21-22H,15-16,19-20H2,1-2H3,(H,35,38);1-11,13,15-16H,12,14H2,(H,30,32)/t21-,22+;. The number of pyridine rings is 4. The van der Waals surface area contributed by atoms with Crippen LogP contribution in [0.25, 0.3) is 64.4 Å². The number of thiazole rings is 2. The molecule has 0 radical (unpaired) electrons. The Morgan fingerprint density at radius 1 is 0.587 bits per heavy atom. The van der Waals surface area contributed by atoms with Gasteiger partial charge in [-0.2, -0.15) is 0 Å². The predicted octanol–water partition coefficient (Wildman–Crippen LogP) is 12.6. The summed E-state index contributed by atoms with van der Waals surface area (Å²) in [5.41, 5.74) is 8.32. The van der Waals surface area contributed by atoms with Crippen LogP contribution < -0.4 is 20.1 Å². The number of amides is 2. The molecule has 2 N–H and O–H groups in total. The van der Waals surface area contributed by atoms with Crippen molar-refractivity contribution in [1.29, 1.82) is 0 Å². The highest BCUT2D eigenvalue weighted by Gasteiger charge is 2.23. The molecular weight excluding hydrogens is 1050 g/mol. The minimum atomic E-state index is -0.326. The minimum Gasteiger partial charge on any atom is -0.493 e. The maximum absolute atomic E-state index is 13.6. The van der Waals surface area contributed by atoms with E-state index in [1.165, 1.54) is 22.7 Å². The molecular formula is C58H50BrN9O5S2. The van der Waals surface area contributed by atoms with Crippen molar-refractivity contribution in [3.63, 3.8) is 0 Å². The summed E-state index contributed by atoms with van der Waals surface area (Å²) in [5.74, 6) is 0.538. The number of benzene rings is 4. The minimum absolute atomic E-state index is 0.196. The zero-order valence-corrected chi connectivity index (χ0v) is 44.1. The third kappa shape index (κ3) is 12.8. The molecule has 14 nitrogen and oxygen atoms in total. The Morgan fingerprint density at radius 3 is 1.51 bits per heavy atom. The highest BCUT2D eigenvalue weighted by molar-refractivity contribution is 9.09. The van der Waals surface area contributed by atoms with Crippen molar-refractivity contribution in [1.82, 2.24) is 34.8 Å². The van der Waals surface area contributed by atoms with Crippen LogP contribution >= 0.6 is 38.6 Å². The van der Waals surface area contributed by atoms with Crippen molar-refractivity contribution in [2.75, 3.05) is 48.8 Å². The molecule has 7 heterocycles. The van der Waals surface area contributed by atoms with Crippen LogP contribution in [0.1, 0.15) is 34.8 Å². The quantitative estimate of drug-likeness (QED) is 0.0934. The molecule has 1 aliphatic rings. The molecule has 2 atom stereocenters. The van der Waals surface area contributed by atoms with Crippen LogP contribution in [0.5, 0.6) is 11.5 Å². The van der Waals surface area contributed by atoms with Gasteiger partial charge >= 0.3 is 0 Å². The van der Waals surface area contributed by atoms with Crippen molar-refractivity contribution < 1.29 is 23.8 Å².